The molecule has 2 rings (SSSR count). The van der Waals surface area contributed by atoms with Gasteiger partial charge in [-0.25, -0.2) is 0 Å². The fourth-order valence-electron chi connectivity index (χ4n) is 1.08. The number of carboxylic acid groups (broad SMARTS) is 1. The summed E-state index contributed by atoms with van der Waals surface area (Å²) in [6.07, 6.45) is 4.43. The van der Waals surface area contributed by atoms with Gasteiger partial charge in [0.1, 0.15) is 0 Å². The SMILES string of the molecule is O=C([O-])c1cnc2cnccc2c1. The van der Waals surface area contributed by atoms with Crippen LogP contribution in [0.3, 0.4) is 0 Å². The van der Waals surface area contributed by atoms with Crippen LogP contribution in [0.2, 0.25) is 0 Å². The van der Waals surface area contributed by atoms with Crippen LogP contribution < -0.4 is 5.11 Å². The summed E-state index contributed by atoms with van der Waals surface area (Å²) in [5, 5.41) is 11.2. The van der Waals surface area contributed by atoms with E-state index in [-0.39, 0.29) is 5.56 Å². The Morgan fingerprint density at radius 3 is 3.00 bits per heavy atom. The van der Waals surface area contributed by atoms with Gasteiger partial charge in [0.2, 0.25) is 0 Å². The number of aromatic carboxylic acids is 1. The zero-order valence-corrected chi connectivity index (χ0v) is 6.60. The van der Waals surface area contributed by atoms with Crippen molar-refractivity contribution in [3.05, 3.63) is 36.3 Å². The highest BCUT2D eigenvalue weighted by atomic mass is 16.4. The van der Waals surface area contributed by atoms with E-state index in [1.807, 2.05) is 0 Å². The molecule has 0 saturated carbocycles. The Balaban J connectivity index is 2.69. The molecule has 4 heteroatoms. The van der Waals surface area contributed by atoms with Crippen LogP contribution in [0, 0.1) is 0 Å². The van der Waals surface area contributed by atoms with Crippen molar-refractivity contribution in [3.63, 3.8) is 0 Å². The molecule has 4 nitrogen and oxygen atoms in total. The average Bonchev–Trinajstić information content (AvgIpc) is 2.17. The van der Waals surface area contributed by atoms with Crippen molar-refractivity contribution < 1.29 is 9.90 Å². The van der Waals surface area contributed by atoms with E-state index in [0.717, 1.165) is 5.39 Å². The predicted octanol–water partition coefficient (Wildman–Crippen LogP) is -0.00670. The number of hydrogen-bond acceptors (Lipinski definition) is 4. The lowest BCUT2D eigenvalue weighted by atomic mass is 10.2. The van der Waals surface area contributed by atoms with Crippen molar-refractivity contribution >= 4 is 16.9 Å². The van der Waals surface area contributed by atoms with Gasteiger partial charge in [-0.15, -0.1) is 0 Å². The second-order valence-corrected chi connectivity index (χ2v) is 2.58. The van der Waals surface area contributed by atoms with Crippen molar-refractivity contribution in [3.8, 4) is 0 Å². The zero-order chi connectivity index (χ0) is 9.26. The maximum Gasteiger partial charge on any atom is 0.0885 e. The first-order valence-electron chi connectivity index (χ1n) is 3.68. The minimum atomic E-state index is -1.22. The summed E-state index contributed by atoms with van der Waals surface area (Å²) in [7, 11) is 0. The number of carbonyl (C=O) groups excluding carboxylic acids is 1. The third-order valence-electron chi connectivity index (χ3n) is 1.72. The van der Waals surface area contributed by atoms with Gasteiger partial charge in [0, 0.05) is 23.3 Å². The highest BCUT2D eigenvalue weighted by Crippen LogP contribution is 2.10. The number of nitrogens with zero attached hydrogens (tertiary/aromatic N) is 2. The smallest absolute Gasteiger partial charge is 0.0885 e. The molecule has 0 aliphatic rings. The maximum absolute atomic E-state index is 10.5. The zero-order valence-electron chi connectivity index (χ0n) is 6.60. The topological polar surface area (TPSA) is 65.9 Å². The lowest BCUT2D eigenvalue weighted by Crippen LogP contribution is -2.22. The molecule has 0 aliphatic heterocycles. The number of rotatable bonds is 1. The molecular formula is C9H5N2O2-. The molecule has 2 heterocycles. The lowest BCUT2D eigenvalue weighted by Gasteiger charge is -2.02. The van der Waals surface area contributed by atoms with Crippen molar-refractivity contribution in [2.45, 2.75) is 0 Å². The van der Waals surface area contributed by atoms with Gasteiger partial charge in [-0.3, -0.25) is 9.97 Å². The van der Waals surface area contributed by atoms with Gasteiger partial charge in [-0.05, 0) is 12.1 Å². The Kier molecular flexibility index (Phi) is 1.66. The third-order valence-corrected chi connectivity index (χ3v) is 1.72. The van der Waals surface area contributed by atoms with Crippen LogP contribution in [0.5, 0.6) is 0 Å². The normalized spacial score (nSPS) is 10.2. The molecule has 2 aromatic rings. The van der Waals surface area contributed by atoms with Crippen LogP contribution in [0.4, 0.5) is 0 Å². The van der Waals surface area contributed by atoms with Crippen LogP contribution in [-0.2, 0) is 0 Å². The van der Waals surface area contributed by atoms with E-state index < -0.39 is 5.97 Å². The second kappa shape index (κ2) is 2.82. The molecule has 0 N–H and O–H groups in total. The van der Waals surface area contributed by atoms with E-state index in [9.17, 15) is 9.90 Å². The predicted molar refractivity (Wildman–Crippen MR) is 43.9 cm³/mol. The summed E-state index contributed by atoms with van der Waals surface area (Å²) >= 11 is 0. The van der Waals surface area contributed by atoms with Gasteiger partial charge in [0.05, 0.1) is 17.7 Å². The van der Waals surface area contributed by atoms with Gasteiger partial charge in [0.25, 0.3) is 0 Å². The molecule has 0 unspecified atom stereocenters. The molecule has 0 bridgehead atoms. The van der Waals surface area contributed by atoms with Crippen LogP contribution in [-0.4, -0.2) is 15.9 Å². The minimum Gasteiger partial charge on any atom is -0.545 e. The lowest BCUT2D eigenvalue weighted by molar-refractivity contribution is -0.255. The second-order valence-electron chi connectivity index (χ2n) is 2.58. The fourth-order valence-corrected chi connectivity index (χ4v) is 1.08. The van der Waals surface area contributed by atoms with Gasteiger partial charge in [0.15, 0.2) is 0 Å². The molecule has 2 aromatic heterocycles. The fraction of sp³-hybridized carbons (Fsp3) is 0. The van der Waals surface area contributed by atoms with Gasteiger partial charge < -0.3 is 9.90 Å². The highest BCUT2D eigenvalue weighted by molar-refractivity contribution is 5.90. The standard InChI is InChI=1S/C9H6N2O2/c12-9(13)7-3-6-1-2-10-5-8(6)11-4-7/h1-5H,(H,12,13)/p-1. The molecular weight excluding hydrogens is 168 g/mol. The molecule has 0 fully saturated rings. The monoisotopic (exact) mass is 173 g/mol. The van der Waals surface area contributed by atoms with E-state index in [1.165, 1.54) is 12.3 Å². The van der Waals surface area contributed by atoms with Crippen molar-refractivity contribution in [2.24, 2.45) is 0 Å². The molecule has 0 saturated heterocycles. The average molecular weight is 173 g/mol. The highest BCUT2D eigenvalue weighted by Gasteiger charge is 1.97. The largest absolute Gasteiger partial charge is 0.545 e. The van der Waals surface area contributed by atoms with Crippen molar-refractivity contribution in [1.82, 2.24) is 9.97 Å². The van der Waals surface area contributed by atoms with E-state index >= 15 is 0 Å². The van der Waals surface area contributed by atoms with Crippen LogP contribution in [0.1, 0.15) is 10.4 Å². The summed E-state index contributed by atoms with van der Waals surface area (Å²) < 4.78 is 0. The molecule has 64 valence electrons. The van der Waals surface area contributed by atoms with Crippen LogP contribution in [0.15, 0.2) is 30.7 Å². The Morgan fingerprint density at radius 1 is 1.38 bits per heavy atom. The number of fused-ring (bicyclic) bond motifs is 1. The molecule has 0 amide bonds. The quantitative estimate of drug-likeness (QED) is 0.608. The number of hydrogen-bond donors (Lipinski definition) is 0. The van der Waals surface area contributed by atoms with Crippen LogP contribution in [0.25, 0.3) is 10.9 Å². The van der Waals surface area contributed by atoms with E-state index in [1.54, 1.807) is 18.5 Å². The van der Waals surface area contributed by atoms with Crippen molar-refractivity contribution in [2.75, 3.05) is 0 Å². The minimum absolute atomic E-state index is 0.0821. The summed E-state index contributed by atoms with van der Waals surface area (Å²) in [5.41, 5.74) is 0.756. The summed E-state index contributed by atoms with van der Waals surface area (Å²) in [6.45, 7) is 0. The van der Waals surface area contributed by atoms with Gasteiger partial charge in [-0.1, -0.05) is 0 Å². The molecule has 0 aliphatic carbocycles. The Bertz CT molecular complexity index is 468. The number of carbonyl (C=O) groups is 1. The summed E-state index contributed by atoms with van der Waals surface area (Å²) in [6, 6.07) is 3.22. The first kappa shape index (κ1) is 7.67. The van der Waals surface area contributed by atoms with Crippen molar-refractivity contribution in [1.29, 1.82) is 0 Å². The Morgan fingerprint density at radius 2 is 2.23 bits per heavy atom. The van der Waals surface area contributed by atoms with Crippen LogP contribution >= 0.6 is 0 Å². The molecule has 0 spiro atoms. The first-order chi connectivity index (χ1) is 6.27. The van der Waals surface area contributed by atoms with Gasteiger partial charge >= 0.3 is 0 Å². The molecule has 0 aromatic carbocycles. The van der Waals surface area contributed by atoms with Gasteiger partial charge in [-0.2, -0.15) is 0 Å². The number of pyridine rings is 2. The third kappa shape index (κ3) is 1.33. The Hall–Kier alpha value is -1.97. The maximum atomic E-state index is 10.5. The number of carboxylic acids is 1. The number of aromatic nitrogens is 2. The summed E-state index contributed by atoms with van der Waals surface area (Å²) in [5.74, 6) is -1.22. The molecule has 0 atom stereocenters. The first-order valence-corrected chi connectivity index (χ1v) is 3.68. The Labute approximate surface area is 73.9 Å². The summed E-state index contributed by atoms with van der Waals surface area (Å²) in [4.78, 5) is 18.3. The molecule has 0 radical (unpaired) electrons. The van der Waals surface area contributed by atoms with E-state index in [4.69, 9.17) is 0 Å². The van der Waals surface area contributed by atoms with E-state index in [2.05, 4.69) is 9.97 Å². The molecule has 13 heavy (non-hydrogen) atoms. The van der Waals surface area contributed by atoms with E-state index in [0.29, 0.717) is 5.52 Å².